The zero-order chi connectivity index (χ0) is 3.58. The van der Waals surface area contributed by atoms with Gasteiger partial charge < -0.3 is 0 Å². The van der Waals surface area contributed by atoms with Crippen LogP contribution in [-0.2, 0) is 3.10 Å². The minimum atomic E-state index is -4.11. The monoisotopic (exact) mass is 348 g/mol. The predicted molar refractivity (Wildman–Crippen MR) is 6.44 cm³/mol. The fourth-order valence-electron chi connectivity index (χ4n) is 0. The van der Waals surface area contributed by atoms with Gasteiger partial charge >= 0.3 is 147 Å². The molecule has 0 aromatic rings. The van der Waals surface area contributed by atoms with Crippen LogP contribution in [0.1, 0.15) is 0 Å². The first-order valence-electron chi connectivity index (χ1n) is 0.500. The molecule has 0 atom stereocenters. The Labute approximate surface area is 142 Å². The van der Waals surface area contributed by atoms with E-state index in [1.54, 1.807) is 0 Å². The number of hydrogen-bond donors (Lipinski definition) is 0. The fourth-order valence-corrected chi connectivity index (χ4v) is 0. The summed E-state index contributed by atoms with van der Waals surface area (Å²) in [5, 5.41) is 0. The molecular weight excluding hydrogens is 347 g/mol. The topological polar surface area (TPSA) is 63.2 Å². The average molecular weight is 347 g/mol. The van der Waals surface area contributed by atoms with Crippen molar-refractivity contribution in [2.75, 3.05) is 0 Å². The zero-order valence-electron chi connectivity index (χ0n) is 3.63. The van der Waals surface area contributed by atoms with Crippen LogP contribution >= 0.6 is 0 Å². The summed E-state index contributed by atoms with van der Waals surface area (Å²) < 4.78 is 25.8. The first-order valence-corrected chi connectivity index (χ1v) is 3.35. The van der Waals surface area contributed by atoms with Gasteiger partial charge in [0, 0.05) is 0 Å². The van der Waals surface area contributed by atoms with Crippen LogP contribution in [0.3, 0.4) is 0 Å². The smallest absolute Gasteiger partial charge is 1.00 e. The third-order valence-corrected chi connectivity index (χ3v) is 0. The van der Waals surface area contributed by atoms with E-state index in [-0.39, 0.29) is 116 Å². The van der Waals surface area contributed by atoms with Crippen LogP contribution in [0.25, 0.3) is 0 Å². The van der Waals surface area contributed by atoms with Crippen LogP contribution in [0.5, 0.6) is 0 Å². The van der Waals surface area contributed by atoms with Gasteiger partial charge in [-0.1, -0.05) is 0 Å². The van der Waals surface area contributed by atoms with Gasteiger partial charge in [0.1, 0.15) is 0 Å². The Balaban J connectivity index is -0.0000000450. The second kappa shape index (κ2) is 11.9. The van der Waals surface area contributed by atoms with E-state index in [4.69, 9.17) is 10.0 Å². The summed E-state index contributed by atoms with van der Waals surface area (Å²) >= 11 is -4.11. The molecule has 0 aromatic carbocycles. The van der Waals surface area contributed by atoms with Crippen LogP contribution < -0.4 is 123 Å². The van der Waals surface area contributed by atoms with Gasteiger partial charge in [-0.15, -0.1) is 0 Å². The van der Waals surface area contributed by atoms with Gasteiger partial charge in [0.25, 0.3) is 0 Å². The molecule has 0 bridgehead atoms. The predicted octanol–water partition coefficient (Wildman–Crippen LogP) is -8.87. The first kappa shape index (κ1) is 16.6. The average Bonchev–Trinajstić information content (AvgIpc) is 0.811. The van der Waals surface area contributed by atoms with Gasteiger partial charge in [0.2, 0.25) is 0 Å². The van der Waals surface area contributed by atoms with Crippen LogP contribution in [0.2, 0.25) is 0 Å². The summed E-state index contributed by atoms with van der Waals surface area (Å²) in [6.07, 6.45) is 0. The first-order chi connectivity index (χ1) is 1.73. The Morgan fingerprint density at radius 2 is 1.17 bits per heavy atom. The molecule has 0 aliphatic rings. The minimum absolute atomic E-state index is 0. The minimum Gasteiger partial charge on any atom is 1.00 e. The zero-order valence-corrected chi connectivity index (χ0v) is 15.8. The van der Waals surface area contributed by atoms with Crippen LogP contribution in [-0.4, -0.2) is 20.4 Å². The Morgan fingerprint density at radius 3 is 1.17 bits per heavy atom. The third kappa shape index (κ3) is 24.3. The van der Waals surface area contributed by atoms with Crippen molar-refractivity contribution in [1.82, 2.24) is 0 Å². The fraction of sp³-hybridized carbons (Fsp3) is 0. The van der Waals surface area contributed by atoms with Crippen molar-refractivity contribution in [3.8, 4) is 0 Å². The van der Waals surface area contributed by atoms with Crippen molar-refractivity contribution in [2.24, 2.45) is 0 Å². The molecule has 0 aromatic heterocycles. The molecule has 0 amide bonds. The number of rotatable bonds is 0. The van der Waals surface area contributed by atoms with Crippen LogP contribution in [0.4, 0.5) is 0 Å². The summed E-state index contributed by atoms with van der Waals surface area (Å²) in [4.78, 5) is 0. The van der Waals surface area contributed by atoms with Gasteiger partial charge in [-0.25, -0.2) is 0 Å². The molecule has 0 fully saturated rings. The summed E-state index contributed by atoms with van der Waals surface area (Å²) in [7, 11) is 0. The molecule has 6 heteroatoms. The van der Waals surface area contributed by atoms with Gasteiger partial charge in [0.15, 0.2) is 0 Å². The maximum absolute atomic E-state index is 8.59. The molecule has 26 valence electrons. The molecular formula is O3Rb2Te. The van der Waals surface area contributed by atoms with Crippen molar-refractivity contribution in [3.05, 3.63) is 0 Å². The molecule has 0 radical (unpaired) electrons. The van der Waals surface area contributed by atoms with Crippen molar-refractivity contribution in [1.29, 1.82) is 0 Å². The number of hydrogen-bond acceptors (Lipinski definition) is 3. The van der Waals surface area contributed by atoms with Crippen molar-refractivity contribution in [3.63, 3.8) is 0 Å². The van der Waals surface area contributed by atoms with E-state index in [2.05, 4.69) is 0 Å². The van der Waals surface area contributed by atoms with Gasteiger partial charge in [0.05, 0.1) is 0 Å². The molecule has 0 saturated heterocycles. The normalized spacial score (nSPS) is 5.83. The van der Waals surface area contributed by atoms with E-state index >= 15 is 0 Å². The molecule has 6 heavy (non-hydrogen) atoms. The van der Waals surface area contributed by atoms with Gasteiger partial charge in [-0.05, 0) is 0 Å². The van der Waals surface area contributed by atoms with Crippen molar-refractivity contribution >= 4 is 20.4 Å². The molecule has 3 nitrogen and oxygen atoms in total. The van der Waals surface area contributed by atoms with Crippen LogP contribution in [0.15, 0.2) is 0 Å². The molecule has 0 rings (SSSR count). The molecule has 0 spiro atoms. The van der Waals surface area contributed by atoms with E-state index in [1.165, 1.54) is 0 Å². The molecule has 0 aliphatic heterocycles. The summed E-state index contributed by atoms with van der Waals surface area (Å²) in [5.41, 5.74) is 0. The SMILES string of the molecule is O=[Te]([O-])[O-].[Rb+].[Rb+]. The van der Waals surface area contributed by atoms with Crippen LogP contribution in [0, 0.1) is 0 Å². The third-order valence-electron chi connectivity index (χ3n) is 0. The Bertz CT molecular complexity index is 31.8. The second-order valence-corrected chi connectivity index (χ2v) is 1.37. The van der Waals surface area contributed by atoms with Gasteiger partial charge in [-0.2, -0.15) is 0 Å². The summed E-state index contributed by atoms with van der Waals surface area (Å²) in [5.74, 6) is 0. The van der Waals surface area contributed by atoms with E-state index in [1.807, 2.05) is 0 Å². The van der Waals surface area contributed by atoms with E-state index < -0.39 is 20.4 Å². The Hall–Kier alpha value is 4.12. The standard InChI is InChI=1S/H2O3Te.2Rb/c1-4(2)3;;/h(H2,1,2,3);;/q;2*+1/p-2. The van der Waals surface area contributed by atoms with Gasteiger partial charge in [-0.3, -0.25) is 0 Å². The molecule has 0 aliphatic carbocycles. The van der Waals surface area contributed by atoms with Crippen molar-refractivity contribution in [2.45, 2.75) is 0 Å². The molecule has 0 unspecified atom stereocenters. The van der Waals surface area contributed by atoms with E-state index in [0.29, 0.717) is 0 Å². The Kier molecular flexibility index (Phi) is 32.8. The maximum Gasteiger partial charge on any atom is 1.00 e. The van der Waals surface area contributed by atoms with E-state index in [0.717, 1.165) is 0 Å². The quantitative estimate of drug-likeness (QED) is 0.409. The molecule has 0 N–H and O–H groups in total. The second-order valence-electron chi connectivity index (χ2n) is 0.204. The van der Waals surface area contributed by atoms with E-state index in [9.17, 15) is 0 Å². The summed E-state index contributed by atoms with van der Waals surface area (Å²) in [6, 6.07) is 0. The molecule has 0 heterocycles. The molecule has 0 saturated carbocycles. The Morgan fingerprint density at radius 1 is 1.17 bits per heavy atom. The summed E-state index contributed by atoms with van der Waals surface area (Å²) in [6.45, 7) is 0. The maximum atomic E-state index is 8.59. The van der Waals surface area contributed by atoms with Crippen molar-refractivity contribution < 1.29 is 126 Å². The largest absolute Gasteiger partial charge is 1.00 e.